The van der Waals surface area contributed by atoms with E-state index in [9.17, 15) is 8.42 Å². The number of halogens is 1. The Bertz CT molecular complexity index is 715. The molecule has 29 heavy (non-hydrogen) atoms. The fourth-order valence-corrected chi connectivity index (χ4v) is 4.14. The first-order chi connectivity index (χ1) is 13.4. The number of nitrogens with one attached hydrogen (secondary N) is 1. The molecule has 1 aliphatic heterocycles. The first kappa shape index (κ1) is 25.9. The van der Waals surface area contributed by atoms with Crippen molar-refractivity contribution in [1.29, 1.82) is 0 Å². The highest BCUT2D eigenvalue weighted by atomic mass is 127. The molecule has 0 bridgehead atoms. The minimum absolute atomic E-state index is 0. The van der Waals surface area contributed by atoms with Crippen LogP contribution in [0.15, 0.2) is 40.5 Å². The minimum Gasteiger partial charge on any atom is -0.469 e. The van der Waals surface area contributed by atoms with Crippen LogP contribution in [-0.4, -0.2) is 81.3 Å². The van der Waals surface area contributed by atoms with Crippen LogP contribution in [0, 0.1) is 0 Å². The molecule has 0 atom stereocenters. The van der Waals surface area contributed by atoms with Gasteiger partial charge in [-0.05, 0) is 26.0 Å². The molecule has 166 valence electrons. The van der Waals surface area contributed by atoms with E-state index in [0.29, 0.717) is 39.3 Å². The number of guanidine groups is 1. The number of aliphatic imine (C=N–C) groups is 1. The molecule has 1 fully saturated rings. The van der Waals surface area contributed by atoms with Gasteiger partial charge in [-0.1, -0.05) is 6.08 Å². The summed E-state index contributed by atoms with van der Waals surface area (Å²) in [7, 11) is -3.30. The molecule has 0 aromatic carbocycles. The summed E-state index contributed by atoms with van der Waals surface area (Å²) in [6, 6.07) is 3.79. The summed E-state index contributed by atoms with van der Waals surface area (Å²) < 4.78 is 37.2. The predicted octanol–water partition coefficient (Wildman–Crippen LogP) is 1.94. The Morgan fingerprint density at radius 2 is 2.10 bits per heavy atom. The van der Waals surface area contributed by atoms with E-state index in [-0.39, 0.29) is 42.4 Å². The summed E-state index contributed by atoms with van der Waals surface area (Å²) in [6.45, 7) is 11.0. The maximum atomic E-state index is 12.5. The van der Waals surface area contributed by atoms with Gasteiger partial charge in [-0.3, -0.25) is 4.99 Å². The van der Waals surface area contributed by atoms with E-state index in [2.05, 4.69) is 21.8 Å². The molecule has 0 unspecified atom stereocenters. The lowest BCUT2D eigenvalue weighted by molar-refractivity contribution is 0.0904. The summed E-state index contributed by atoms with van der Waals surface area (Å²) in [4.78, 5) is 6.74. The zero-order valence-electron chi connectivity index (χ0n) is 17.2. The molecule has 0 radical (unpaired) electrons. The SMILES string of the molecule is C=CCNC(=NCCc1ccco1)N1CCN(S(=O)(=O)CCOC(C)C)CC1.I. The zero-order valence-corrected chi connectivity index (χ0v) is 20.4. The van der Waals surface area contributed by atoms with Gasteiger partial charge < -0.3 is 19.4 Å². The van der Waals surface area contributed by atoms with Crippen molar-refractivity contribution in [3.8, 4) is 0 Å². The van der Waals surface area contributed by atoms with Crippen molar-refractivity contribution in [2.45, 2.75) is 26.4 Å². The van der Waals surface area contributed by atoms with Crippen LogP contribution in [0.2, 0.25) is 0 Å². The normalized spacial score (nSPS) is 16.0. The second kappa shape index (κ2) is 13.2. The van der Waals surface area contributed by atoms with Gasteiger partial charge in [0, 0.05) is 45.7 Å². The molecule has 10 heteroatoms. The second-order valence-electron chi connectivity index (χ2n) is 6.83. The number of piperazine rings is 1. The first-order valence-corrected chi connectivity index (χ1v) is 11.3. The Morgan fingerprint density at radius 1 is 1.38 bits per heavy atom. The second-order valence-corrected chi connectivity index (χ2v) is 8.91. The Kier molecular flexibility index (Phi) is 11.8. The first-order valence-electron chi connectivity index (χ1n) is 9.68. The van der Waals surface area contributed by atoms with Crippen molar-refractivity contribution < 1.29 is 17.6 Å². The molecule has 1 aliphatic rings. The van der Waals surface area contributed by atoms with Crippen LogP contribution in [-0.2, 0) is 21.2 Å². The van der Waals surface area contributed by atoms with E-state index >= 15 is 0 Å². The van der Waals surface area contributed by atoms with Crippen LogP contribution in [0.1, 0.15) is 19.6 Å². The third-order valence-corrected chi connectivity index (χ3v) is 6.16. The summed E-state index contributed by atoms with van der Waals surface area (Å²) in [5, 5.41) is 3.26. The molecule has 8 nitrogen and oxygen atoms in total. The smallest absolute Gasteiger partial charge is 0.216 e. The van der Waals surface area contributed by atoms with Crippen molar-refractivity contribution in [2.75, 3.05) is 51.6 Å². The van der Waals surface area contributed by atoms with E-state index in [0.717, 1.165) is 18.1 Å². The number of rotatable bonds is 10. The van der Waals surface area contributed by atoms with Gasteiger partial charge in [-0.25, -0.2) is 8.42 Å². The molecule has 1 aromatic heterocycles. The minimum atomic E-state index is -3.30. The molecule has 2 heterocycles. The lowest BCUT2D eigenvalue weighted by Crippen LogP contribution is -2.54. The van der Waals surface area contributed by atoms with Crippen molar-refractivity contribution in [3.63, 3.8) is 0 Å². The average Bonchev–Trinajstić information content (AvgIpc) is 3.17. The van der Waals surface area contributed by atoms with Gasteiger partial charge in [0.1, 0.15) is 5.76 Å². The molecule has 1 aromatic rings. The summed E-state index contributed by atoms with van der Waals surface area (Å²) in [5.74, 6) is 1.68. The summed E-state index contributed by atoms with van der Waals surface area (Å²) in [5.41, 5.74) is 0. The highest BCUT2D eigenvalue weighted by molar-refractivity contribution is 14.0. The average molecular weight is 540 g/mol. The standard InChI is InChI=1S/C19H32N4O4S.HI/c1-4-8-20-19(21-9-7-18-6-5-14-27-18)22-10-12-23(13-11-22)28(24,25)16-15-26-17(2)3;/h4-6,14,17H,1,7-13,15-16H2,2-3H3,(H,20,21);1H. The molecule has 0 aliphatic carbocycles. The molecular weight excluding hydrogens is 507 g/mol. The predicted molar refractivity (Wildman–Crippen MR) is 126 cm³/mol. The summed E-state index contributed by atoms with van der Waals surface area (Å²) in [6.07, 6.45) is 4.18. The van der Waals surface area contributed by atoms with Crippen LogP contribution in [0.25, 0.3) is 0 Å². The van der Waals surface area contributed by atoms with Crippen molar-refractivity contribution in [2.24, 2.45) is 4.99 Å². The fraction of sp³-hybridized carbons (Fsp3) is 0.632. The van der Waals surface area contributed by atoms with Crippen molar-refractivity contribution >= 4 is 40.0 Å². The Balaban J connectivity index is 0.00000420. The van der Waals surface area contributed by atoms with E-state index in [1.807, 2.05) is 26.0 Å². The number of hydrogen-bond acceptors (Lipinski definition) is 5. The fourth-order valence-electron chi connectivity index (χ4n) is 2.85. The molecule has 0 amide bonds. The van der Waals surface area contributed by atoms with Gasteiger partial charge >= 0.3 is 0 Å². The third-order valence-electron chi connectivity index (χ3n) is 4.33. The molecule has 1 saturated heterocycles. The van der Waals surface area contributed by atoms with Crippen molar-refractivity contribution in [3.05, 3.63) is 36.8 Å². The molecule has 1 N–H and O–H groups in total. The van der Waals surface area contributed by atoms with Crippen LogP contribution in [0.5, 0.6) is 0 Å². The zero-order chi connectivity index (χ0) is 20.4. The largest absolute Gasteiger partial charge is 0.469 e. The lowest BCUT2D eigenvalue weighted by atomic mass is 10.3. The van der Waals surface area contributed by atoms with E-state index in [1.54, 1.807) is 16.6 Å². The number of ether oxygens (including phenoxy) is 1. The van der Waals surface area contributed by atoms with Crippen molar-refractivity contribution in [1.82, 2.24) is 14.5 Å². The molecule has 0 spiro atoms. The monoisotopic (exact) mass is 540 g/mol. The van der Waals surface area contributed by atoms with Crippen LogP contribution < -0.4 is 5.32 Å². The maximum absolute atomic E-state index is 12.5. The Hall–Kier alpha value is -1.11. The van der Waals surface area contributed by atoms with E-state index in [4.69, 9.17) is 9.15 Å². The van der Waals surface area contributed by atoms with Gasteiger partial charge in [0.15, 0.2) is 5.96 Å². The highest BCUT2D eigenvalue weighted by Gasteiger charge is 2.28. The third kappa shape index (κ3) is 9.06. The lowest BCUT2D eigenvalue weighted by Gasteiger charge is -2.36. The van der Waals surface area contributed by atoms with Gasteiger partial charge in [-0.2, -0.15) is 4.31 Å². The topological polar surface area (TPSA) is 87.4 Å². The van der Waals surface area contributed by atoms with Gasteiger partial charge in [0.25, 0.3) is 0 Å². The number of hydrogen-bond donors (Lipinski definition) is 1. The Labute approximate surface area is 191 Å². The van der Waals surface area contributed by atoms with Gasteiger partial charge in [-0.15, -0.1) is 30.6 Å². The highest BCUT2D eigenvalue weighted by Crippen LogP contribution is 2.09. The number of sulfonamides is 1. The quantitative estimate of drug-likeness (QED) is 0.211. The van der Waals surface area contributed by atoms with Gasteiger partial charge in [0.2, 0.25) is 10.0 Å². The van der Waals surface area contributed by atoms with Gasteiger partial charge in [0.05, 0.1) is 24.7 Å². The van der Waals surface area contributed by atoms with Crippen LogP contribution in [0.3, 0.4) is 0 Å². The van der Waals surface area contributed by atoms with E-state index in [1.165, 1.54) is 0 Å². The molecular formula is C19H33IN4O4S. The number of furan rings is 1. The molecule has 0 saturated carbocycles. The Morgan fingerprint density at radius 3 is 2.69 bits per heavy atom. The molecule has 2 rings (SSSR count). The summed E-state index contributed by atoms with van der Waals surface area (Å²) >= 11 is 0. The van der Waals surface area contributed by atoms with E-state index < -0.39 is 10.0 Å². The maximum Gasteiger partial charge on any atom is 0.216 e. The van der Waals surface area contributed by atoms with Crippen LogP contribution in [0.4, 0.5) is 0 Å². The number of nitrogens with zero attached hydrogens (tertiary/aromatic N) is 3. The van der Waals surface area contributed by atoms with Crippen LogP contribution >= 0.6 is 24.0 Å².